The fourth-order valence-corrected chi connectivity index (χ4v) is 4.08. The van der Waals surface area contributed by atoms with E-state index in [-0.39, 0.29) is 43.4 Å². The van der Waals surface area contributed by atoms with Crippen LogP contribution in [0.1, 0.15) is 42.3 Å². The second-order valence-electron chi connectivity index (χ2n) is 10.3. The first-order chi connectivity index (χ1) is 18.6. The Balaban J connectivity index is 1.51. The van der Waals surface area contributed by atoms with Crippen molar-refractivity contribution >= 4 is 12.0 Å². The van der Waals surface area contributed by atoms with Crippen molar-refractivity contribution in [2.45, 2.75) is 51.7 Å². The maximum Gasteiger partial charge on any atom is 0.410 e. The number of β-amino-alcohol motifs (C(OH)–C–C–N with tert-alkyl or cyclic N) is 1. The lowest BCUT2D eigenvalue weighted by atomic mass is 10.1. The topological polar surface area (TPSA) is 97.3 Å². The minimum absolute atomic E-state index is 0.0138. The maximum absolute atomic E-state index is 15.8. The van der Waals surface area contributed by atoms with Crippen LogP contribution in [-0.2, 0) is 18.0 Å². The minimum Gasteiger partial charge on any atom is -0.485 e. The molecule has 0 unspecified atom stereocenters. The van der Waals surface area contributed by atoms with Gasteiger partial charge in [-0.15, -0.1) is 0 Å². The maximum atomic E-state index is 15.8. The van der Waals surface area contributed by atoms with Gasteiger partial charge in [0.2, 0.25) is 0 Å². The van der Waals surface area contributed by atoms with E-state index in [0.717, 1.165) is 11.1 Å². The third kappa shape index (κ3) is 7.48. The van der Waals surface area contributed by atoms with E-state index >= 15 is 4.39 Å². The van der Waals surface area contributed by atoms with Crippen molar-refractivity contribution in [1.29, 1.82) is 0 Å². The predicted molar refractivity (Wildman–Crippen MR) is 143 cm³/mol. The number of hydrogen-bond donors (Lipinski definition) is 2. The van der Waals surface area contributed by atoms with E-state index in [2.05, 4.69) is 5.32 Å². The van der Waals surface area contributed by atoms with Crippen LogP contribution in [0.2, 0.25) is 0 Å². The van der Waals surface area contributed by atoms with Crippen LogP contribution in [0.3, 0.4) is 0 Å². The molecule has 0 bridgehead atoms. The number of nitrogens with zero attached hydrogens (tertiary/aromatic N) is 1. The summed E-state index contributed by atoms with van der Waals surface area (Å²) >= 11 is 0. The highest BCUT2D eigenvalue weighted by Gasteiger charge is 2.37. The molecule has 1 saturated heterocycles. The Morgan fingerprint density at radius 2 is 1.51 bits per heavy atom. The third-order valence-corrected chi connectivity index (χ3v) is 6.03. The summed E-state index contributed by atoms with van der Waals surface area (Å²) in [5.74, 6) is -1.67. The zero-order valence-corrected chi connectivity index (χ0v) is 22.2. The van der Waals surface area contributed by atoms with E-state index in [9.17, 15) is 14.7 Å². The molecule has 39 heavy (non-hydrogen) atoms. The molecule has 0 aromatic heterocycles. The number of carbonyl (C=O) groups excluding carboxylic acids is 2. The molecule has 8 nitrogen and oxygen atoms in total. The van der Waals surface area contributed by atoms with Crippen LogP contribution in [-0.4, -0.2) is 52.8 Å². The number of amides is 2. The Morgan fingerprint density at radius 1 is 0.923 bits per heavy atom. The molecule has 3 aromatic carbocycles. The van der Waals surface area contributed by atoms with E-state index in [1.54, 1.807) is 20.8 Å². The van der Waals surface area contributed by atoms with Crippen LogP contribution in [0.15, 0.2) is 72.8 Å². The van der Waals surface area contributed by atoms with Gasteiger partial charge in [-0.25, -0.2) is 9.18 Å². The molecule has 0 spiro atoms. The summed E-state index contributed by atoms with van der Waals surface area (Å²) in [5.41, 5.74) is 0.732. The summed E-state index contributed by atoms with van der Waals surface area (Å²) in [6.45, 7) is 5.48. The highest BCUT2D eigenvalue weighted by Crippen LogP contribution is 2.34. The average molecular weight is 537 g/mol. The van der Waals surface area contributed by atoms with Gasteiger partial charge in [-0.05, 0) is 44.0 Å². The number of hydrogen-bond acceptors (Lipinski definition) is 6. The van der Waals surface area contributed by atoms with E-state index in [0.29, 0.717) is 0 Å². The van der Waals surface area contributed by atoms with Gasteiger partial charge in [0.1, 0.15) is 18.8 Å². The van der Waals surface area contributed by atoms with Gasteiger partial charge in [-0.2, -0.15) is 0 Å². The number of carbonyl (C=O) groups is 2. The van der Waals surface area contributed by atoms with Crippen LogP contribution >= 0.6 is 0 Å². The number of ether oxygens (including phenoxy) is 3. The lowest BCUT2D eigenvalue weighted by Gasteiger charge is -2.24. The van der Waals surface area contributed by atoms with Crippen molar-refractivity contribution in [1.82, 2.24) is 10.2 Å². The monoisotopic (exact) mass is 536 g/mol. The normalized spacial score (nSPS) is 17.0. The second kappa shape index (κ2) is 12.2. The van der Waals surface area contributed by atoms with Gasteiger partial charge in [-0.3, -0.25) is 4.79 Å². The molecule has 206 valence electrons. The Hall–Kier alpha value is -4.11. The van der Waals surface area contributed by atoms with Crippen molar-refractivity contribution in [3.63, 3.8) is 0 Å². The van der Waals surface area contributed by atoms with Crippen molar-refractivity contribution < 1.29 is 33.3 Å². The molecule has 1 aliphatic heterocycles. The lowest BCUT2D eigenvalue weighted by Crippen LogP contribution is -2.43. The molecule has 9 heteroatoms. The van der Waals surface area contributed by atoms with Gasteiger partial charge in [0.25, 0.3) is 5.91 Å². The summed E-state index contributed by atoms with van der Waals surface area (Å²) < 4.78 is 32.8. The SMILES string of the molecule is CC(C)(C)OC(=O)N1C[C@H](NC(=O)c2ccc(OCc3ccccc3)c(OCc3ccccc3)c2F)[C@@H](O)C1. The first kappa shape index (κ1) is 27.9. The zero-order valence-electron chi connectivity index (χ0n) is 22.2. The molecule has 2 N–H and O–H groups in total. The molecular formula is C30H33FN2O6. The van der Waals surface area contributed by atoms with Crippen LogP contribution in [0.25, 0.3) is 0 Å². The predicted octanol–water partition coefficient (Wildman–Crippen LogP) is 4.69. The van der Waals surface area contributed by atoms with Crippen LogP contribution in [0.4, 0.5) is 9.18 Å². The Morgan fingerprint density at radius 3 is 2.10 bits per heavy atom. The number of aliphatic hydroxyl groups is 1. The van der Waals surface area contributed by atoms with Crippen molar-refractivity contribution in [3.8, 4) is 11.5 Å². The third-order valence-electron chi connectivity index (χ3n) is 6.03. The van der Waals surface area contributed by atoms with Gasteiger partial charge in [0, 0.05) is 6.54 Å². The fourth-order valence-electron chi connectivity index (χ4n) is 4.08. The summed E-state index contributed by atoms with van der Waals surface area (Å²) in [6, 6.07) is 20.7. The summed E-state index contributed by atoms with van der Waals surface area (Å²) in [7, 11) is 0. The molecule has 1 fully saturated rings. The molecule has 2 amide bonds. The number of benzene rings is 3. The standard InChI is InChI=1S/C30H33FN2O6/c1-30(2,3)39-29(36)33-16-23(24(34)17-33)32-28(35)22-14-15-25(37-18-20-10-6-4-7-11-20)27(26(22)31)38-19-21-12-8-5-9-13-21/h4-15,23-24,34H,16-19H2,1-3H3,(H,32,35)/t23-,24-/m0/s1. The first-order valence-corrected chi connectivity index (χ1v) is 12.7. The van der Waals surface area contributed by atoms with Gasteiger partial charge >= 0.3 is 6.09 Å². The highest BCUT2D eigenvalue weighted by molar-refractivity contribution is 5.95. The summed E-state index contributed by atoms with van der Waals surface area (Å²) in [4.78, 5) is 26.8. The smallest absolute Gasteiger partial charge is 0.410 e. The molecule has 0 saturated carbocycles. The van der Waals surface area contributed by atoms with Gasteiger partial charge in [0.15, 0.2) is 17.3 Å². The molecule has 3 aromatic rings. The Kier molecular flexibility index (Phi) is 8.71. The van der Waals surface area contributed by atoms with E-state index < -0.39 is 35.6 Å². The molecule has 1 aliphatic rings. The molecule has 0 aliphatic carbocycles. The zero-order chi connectivity index (χ0) is 28.0. The lowest BCUT2D eigenvalue weighted by molar-refractivity contribution is 0.0269. The first-order valence-electron chi connectivity index (χ1n) is 12.7. The van der Waals surface area contributed by atoms with Crippen molar-refractivity contribution in [2.75, 3.05) is 13.1 Å². The van der Waals surface area contributed by atoms with Crippen LogP contribution in [0, 0.1) is 5.82 Å². The fraction of sp³-hybridized carbons (Fsp3) is 0.333. The van der Waals surface area contributed by atoms with Crippen LogP contribution < -0.4 is 14.8 Å². The molecule has 0 radical (unpaired) electrons. The van der Waals surface area contributed by atoms with E-state index in [1.807, 2.05) is 60.7 Å². The number of aliphatic hydroxyl groups excluding tert-OH is 1. The summed E-state index contributed by atoms with van der Waals surface area (Å²) in [6.07, 6.45) is -1.63. The Bertz CT molecular complexity index is 1280. The molecule has 1 heterocycles. The Labute approximate surface area is 227 Å². The number of rotatable bonds is 8. The van der Waals surface area contributed by atoms with Crippen molar-refractivity contribution in [3.05, 3.63) is 95.3 Å². The minimum atomic E-state index is -1.04. The van der Waals surface area contributed by atoms with Gasteiger partial charge in [-0.1, -0.05) is 60.7 Å². The van der Waals surface area contributed by atoms with E-state index in [1.165, 1.54) is 17.0 Å². The van der Waals surface area contributed by atoms with E-state index in [4.69, 9.17) is 14.2 Å². The highest BCUT2D eigenvalue weighted by atomic mass is 19.1. The largest absolute Gasteiger partial charge is 0.485 e. The van der Waals surface area contributed by atoms with Gasteiger partial charge < -0.3 is 29.5 Å². The molecule has 4 rings (SSSR count). The number of nitrogens with one attached hydrogen (secondary N) is 1. The number of halogens is 1. The number of likely N-dealkylation sites (tertiary alicyclic amines) is 1. The molecule has 2 atom stereocenters. The van der Waals surface area contributed by atoms with Gasteiger partial charge in [0.05, 0.1) is 24.3 Å². The second-order valence-corrected chi connectivity index (χ2v) is 10.3. The summed E-state index contributed by atoms with van der Waals surface area (Å²) in [5, 5.41) is 13.1. The quantitative estimate of drug-likeness (QED) is 0.434. The van der Waals surface area contributed by atoms with Crippen LogP contribution in [0.5, 0.6) is 11.5 Å². The van der Waals surface area contributed by atoms with Crippen molar-refractivity contribution in [2.24, 2.45) is 0 Å². The molecular weight excluding hydrogens is 503 g/mol. The average Bonchev–Trinajstić information content (AvgIpc) is 3.27.